The minimum atomic E-state index is -0.190. The fraction of sp³-hybridized carbons (Fsp3) is 0.833. The van der Waals surface area contributed by atoms with Gasteiger partial charge in [-0.15, -0.1) is 0 Å². The summed E-state index contributed by atoms with van der Waals surface area (Å²) in [4.78, 5) is 27.3. The highest BCUT2D eigenvalue weighted by Crippen LogP contribution is 2.06. The Hall–Kier alpha value is -0.940. The van der Waals surface area contributed by atoms with Crippen LogP contribution in [0.2, 0.25) is 0 Å². The van der Waals surface area contributed by atoms with Gasteiger partial charge < -0.3 is 4.90 Å². The average molecular weight is 241 g/mol. The van der Waals surface area contributed by atoms with Gasteiger partial charge in [-0.3, -0.25) is 19.8 Å². The number of rotatable bonds is 6. The van der Waals surface area contributed by atoms with E-state index in [0.717, 1.165) is 26.1 Å². The van der Waals surface area contributed by atoms with Crippen LogP contribution < -0.4 is 5.32 Å². The molecule has 1 N–H and O–H groups in total. The number of amides is 2. The second-order valence-corrected chi connectivity index (χ2v) is 4.25. The Morgan fingerprint density at radius 3 is 2.47 bits per heavy atom. The SMILES string of the molecule is CCC1NCC(=O)N(CCN(CC)CC)C1=O. The van der Waals surface area contributed by atoms with Crippen LogP contribution in [0.15, 0.2) is 0 Å². The summed E-state index contributed by atoms with van der Waals surface area (Å²) in [6.07, 6.45) is 0.730. The Labute approximate surface area is 103 Å². The number of likely N-dealkylation sites (N-methyl/N-ethyl adjacent to an activating group) is 1. The first-order chi connectivity index (χ1) is 8.13. The second-order valence-electron chi connectivity index (χ2n) is 4.25. The second kappa shape index (κ2) is 6.71. The van der Waals surface area contributed by atoms with Gasteiger partial charge in [0.1, 0.15) is 0 Å². The third-order valence-corrected chi connectivity index (χ3v) is 3.31. The molecule has 1 aliphatic heterocycles. The molecular weight excluding hydrogens is 218 g/mol. The summed E-state index contributed by atoms with van der Waals surface area (Å²) in [7, 11) is 0. The Morgan fingerprint density at radius 1 is 1.29 bits per heavy atom. The molecule has 5 nitrogen and oxygen atoms in total. The van der Waals surface area contributed by atoms with Crippen molar-refractivity contribution in [2.24, 2.45) is 0 Å². The van der Waals surface area contributed by atoms with E-state index in [1.807, 2.05) is 6.92 Å². The fourth-order valence-electron chi connectivity index (χ4n) is 2.04. The van der Waals surface area contributed by atoms with E-state index in [2.05, 4.69) is 24.1 Å². The van der Waals surface area contributed by atoms with E-state index in [4.69, 9.17) is 0 Å². The maximum absolute atomic E-state index is 12.0. The van der Waals surface area contributed by atoms with Gasteiger partial charge in [-0.05, 0) is 19.5 Å². The number of nitrogens with one attached hydrogen (secondary N) is 1. The maximum atomic E-state index is 12.0. The standard InChI is InChI=1S/C12H23N3O2/c1-4-10-12(17)15(11(16)9-13-10)8-7-14(5-2)6-3/h10,13H,4-9H2,1-3H3. The molecule has 17 heavy (non-hydrogen) atoms. The average Bonchev–Trinajstić information content (AvgIpc) is 2.34. The van der Waals surface area contributed by atoms with Crippen molar-refractivity contribution in [2.75, 3.05) is 32.7 Å². The highest BCUT2D eigenvalue weighted by molar-refractivity contribution is 6.01. The smallest absolute Gasteiger partial charge is 0.246 e. The molecule has 5 heteroatoms. The van der Waals surface area contributed by atoms with Crippen LogP contribution in [0, 0.1) is 0 Å². The highest BCUT2D eigenvalue weighted by Gasteiger charge is 2.32. The van der Waals surface area contributed by atoms with Crippen LogP contribution >= 0.6 is 0 Å². The van der Waals surface area contributed by atoms with E-state index in [1.165, 1.54) is 4.90 Å². The summed E-state index contributed by atoms with van der Waals surface area (Å²) >= 11 is 0. The van der Waals surface area contributed by atoms with Crippen LogP contribution in [0.25, 0.3) is 0 Å². The van der Waals surface area contributed by atoms with Crippen LogP contribution in [0.5, 0.6) is 0 Å². The van der Waals surface area contributed by atoms with Gasteiger partial charge in [0.05, 0.1) is 12.6 Å². The quantitative estimate of drug-likeness (QED) is 0.668. The first-order valence-corrected chi connectivity index (χ1v) is 6.43. The summed E-state index contributed by atoms with van der Waals surface area (Å²) in [6.45, 7) is 9.57. The number of nitrogens with zero attached hydrogens (tertiary/aromatic N) is 2. The molecule has 1 fully saturated rings. The zero-order valence-electron chi connectivity index (χ0n) is 11.0. The zero-order valence-corrected chi connectivity index (χ0v) is 11.0. The molecule has 98 valence electrons. The van der Waals surface area contributed by atoms with E-state index in [-0.39, 0.29) is 24.4 Å². The number of carbonyl (C=O) groups is 2. The van der Waals surface area contributed by atoms with Crippen LogP contribution in [-0.2, 0) is 9.59 Å². The summed E-state index contributed by atoms with van der Waals surface area (Å²) in [6, 6.07) is -0.190. The molecule has 0 spiro atoms. The molecule has 0 saturated carbocycles. The molecule has 0 aromatic rings. The monoisotopic (exact) mass is 241 g/mol. The molecule has 2 amide bonds. The topological polar surface area (TPSA) is 52.7 Å². The lowest BCUT2D eigenvalue weighted by atomic mass is 10.1. The molecule has 1 saturated heterocycles. The fourth-order valence-corrected chi connectivity index (χ4v) is 2.04. The molecular formula is C12H23N3O2. The third kappa shape index (κ3) is 3.51. The molecule has 1 heterocycles. The van der Waals surface area contributed by atoms with Crippen molar-refractivity contribution in [3.8, 4) is 0 Å². The zero-order chi connectivity index (χ0) is 12.8. The van der Waals surface area contributed by atoms with Gasteiger partial charge in [0, 0.05) is 13.1 Å². The first kappa shape index (κ1) is 14.1. The molecule has 1 atom stereocenters. The number of hydrogen-bond acceptors (Lipinski definition) is 4. The summed E-state index contributed by atoms with van der Waals surface area (Å²) in [5.41, 5.74) is 0. The van der Waals surface area contributed by atoms with Gasteiger partial charge in [0.2, 0.25) is 11.8 Å². The van der Waals surface area contributed by atoms with Crippen molar-refractivity contribution in [3.05, 3.63) is 0 Å². The van der Waals surface area contributed by atoms with Gasteiger partial charge in [0.25, 0.3) is 0 Å². The van der Waals surface area contributed by atoms with E-state index in [9.17, 15) is 9.59 Å². The number of piperazine rings is 1. The van der Waals surface area contributed by atoms with Gasteiger partial charge in [0.15, 0.2) is 0 Å². The molecule has 0 aromatic heterocycles. The van der Waals surface area contributed by atoms with Gasteiger partial charge in [-0.2, -0.15) is 0 Å². The first-order valence-electron chi connectivity index (χ1n) is 6.43. The molecule has 0 aliphatic carbocycles. The van der Waals surface area contributed by atoms with Crippen LogP contribution in [0.4, 0.5) is 0 Å². The number of carbonyl (C=O) groups excluding carboxylic acids is 2. The van der Waals surface area contributed by atoms with E-state index in [1.54, 1.807) is 0 Å². The van der Waals surface area contributed by atoms with Crippen LogP contribution in [0.3, 0.4) is 0 Å². The third-order valence-electron chi connectivity index (χ3n) is 3.31. The minimum Gasteiger partial charge on any atom is -0.302 e. The lowest BCUT2D eigenvalue weighted by Gasteiger charge is -2.32. The molecule has 1 rings (SSSR count). The van der Waals surface area contributed by atoms with Gasteiger partial charge in [-0.25, -0.2) is 0 Å². The molecule has 0 radical (unpaired) electrons. The van der Waals surface area contributed by atoms with Crippen LogP contribution in [-0.4, -0.2) is 60.4 Å². The van der Waals surface area contributed by atoms with Crippen molar-refractivity contribution >= 4 is 11.8 Å². The molecule has 1 unspecified atom stereocenters. The van der Waals surface area contributed by atoms with Gasteiger partial charge >= 0.3 is 0 Å². The highest BCUT2D eigenvalue weighted by atomic mass is 16.2. The molecule has 0 bridgehead atoms. The number of imide groups is 1. The number of hydrogen-bond donors (Lipinski definition) is 1. The van der Waals surface area contributed by atoms with E-state index in [0.29, 0.717) is 6.54 Å². The Kier molecular flexibility index (Phi) is 5.58. The minimum absolute atomic E-state index is 0.0732. The summed E-state index contributed by atoms with van der Waals surface area (Å²) in [5, 5.41) is 2.96. The lowest BCUT2D eigenvalue weighted by Crippen LogP contribution is -2.59. The lowest BCUT2D eigenvalue weighted by molar-refractivity contribution is -0.149. The largest absolute Gasteiger partial charge is 0.302 e. The molecule has 1 aliphatic rings. The Bertz CT molecular complexity index is 277. The Balaban J connectivity index is 2.54. The Morgan fingerprint density at radius 2 is 1.94 bits per heavy atom. The molecule has 0 aromatic carbocycles. The predicted octanol–water partition coefficient (Wildman–Crippen LogP) is 0.0652. The van der Waals surface area contributed by atoms with Crippen molar-refractivity contribution in [2.45, 2.75) is 33.2 Å². The van der Waals surface area contributed by atoms with Crippen molar-refractivity contribution in [1.82, 2.24) is 15.1 Å². The normalized spacial score (nSPS) is 21.4. The predicted molar refractivity (Wildman–Crippen MR) is 66.6 cm³/mol. The maximum Gasteiger partial charge on any atom is 0.246 e. The van der Waals surface area contributed by atoms with Gasteiger partial charge in [-0.1, -0.05) is 20.8 Å². The van der Waals surface area contributed by atoms with E-state index < -0.39 is 0 Å². The summed E-state index contributed by atoms with van der Waals surface area (Å²) < 4.78 is 0. The summed E-state index contributed by atoms with van der Waals surface area (Å²) in [5.74, 6) is -0.178. The van der Waals surface area contributed by atoms with Crippen molar-refractivity contribution in [3.63, 3.8) is 0 Å². The van der Waals surface area contributed by atoms with E-state index >= 15 is 0 Å². The van der Waals surface area contributed by atoms with Crippen molar-refractivity contribution in [1.29, 1.82) is 0 Å². The van der Waals surface area contributed by atoms with Crippen molar-refractivity contribution < 1.29 is 9.59 Å². The van der Waals surface area contributed by atoms with Crippen LogP contribution in [0.1, 0.15) is 27.2 Å².